The van der Waals surface area contributed by atoms with Gasteiger partial charge in [0.2, 0.25) is 0 Å². The average molecular weight is 377 g/mol. The second-order valence-corrected chi connectivity index (χ2v) is 6.58. The van der Waals surface area contributed by atoms with Crippen LogP contribution in [-0.2, 0) is 6.42 Å². The summed E-state index contributed by atoms with van der Waals surface area (Å²) in [5, 5.41) is 6.80. The van der Waals surface area contributed by atoms with Gasteiger partial charge in [0, 0.05) is 35.4 Å². The van der Waals surface area contributed by atoms with Crippen LogP contribution < -0.4 is 10.6 Å². The van der Waals surface area contributed by atoms with Crippen molar-refractivity contribution in [1.82, 2.24) is 20.0 Å². The number of nitrogens with zero attached hydrogens (tertiary/aromatic N) is 2. The minimum Gasteiger partial charge on any atom is -0.338 e. The normalized spacial score (nSPS) is 12.1. The Balaban J connectivity index is 1.50. The van der Waals surface area contributed by atoms with E-state index >= 15 is 0 Å². The summed E-state index contributed by atoms with van der Waals surface area (Å²) in [6.45, 7) is 2.37. The number of nitrogens with one attached hydrogen (secondary N) is 2. The number of carbonyl (C=O) groups excluding carboxylic acids is 1. The fourth-order valence-electron chi connectivity index (χ4n) is 2.59. The zero-order chi connectivity index (χ0) is 17.8. The molecule has 1 aromatic carbocycles. The molecule has 0 aliphatic rings. The van der Waals surface area contributed by atoms with Gasteiger partial charge in [-0.2, -0.15) is 0 Å². The number of halogens is 2. The second-order valence-electron chi connectivity index (χ2n) is 5.74. The minimum absolute atomic E-state index is 0.222. The Morgan fingerprint density at radius 1 is 1.28 bits per heavy atom. The molecule has 0 unspecified atom stereocenters. The van der Waals surface area contributed by atoms with Crippen LogP contribution >= 0.6 is 23.2 Å². The first-order valence-corrected chi connectivity index (χ1v) is 8.70. The summed E-state index contributed by atoms with van der Waals surface area (Å²) in [6.07, 6.45) is 4.57. The number of amides is 2. The van der Waals surface area contributed by atoms with E-state index in [1.165, 1.54) is 0 Å². The molecule has 0 spiro atoms. The average Bonchev–Trinajstić information content (AvgIpc) is 2.97. The van der Waals surface area contributed by atoms with E-state index in [1.54, 1.807) is 12.1 Å². The number of benzene rings is 1. The molecule has 2 N–H and O–H groups in total. The van der Waals surface area contributed by atoms with Crippen molar-refractivity contribution in [1.29, 1.82) is 0 Å². The number of urea groups is 1. The van der Waals surface area contributed by atoms with Crippen molar-refractivity contribution >= 4 is 34.9 Å². The lowest BCUT2D eigenvalue weighted by Crippen LogP contribution is -2.38. The Morgan fingerprint density at radius 3 is 2.88 bits per heavy atom. The monoisotopic (exact) mass is 376 g/mol. The third kappa shape index (κ3) is 4.44. The summed E-state index contributed by atoms with van der Waals surface area (Å²) in [6, 6.07) is 10.6. The Labute approximate surface area is 156 Å². The van der Waals surface area contributed by atoms with Gasteiger partial charge in [0.05, 0.1) is 11.7 Å². The lowest BCUT2D eigenvalue weighted by atomic mass is 10.1. The molecule has 3 rings (SSSR count). The molecule has 5 nitrogen and oxygen atoms in total. The zero-order valence-corrected chi connectivity index (χ0v) is 15.2. The fourth-order valence-corrected chi connectivity index (χ4v) is 3.16. The van der Waals surface area contributed by atoms with Gasteiger partial charge < -0.3 is 15.0 Å². The molecule has 0 bridgehead atoms. The third-order valence-electron chi connectivity index (χ3n) is 3.86. The van der Waals surface area contributed by atoms with Gasteiger partial charge in [-0.3, -0.25) is 0 Å². The summed E-state index contributed by atoms with van der Waals surface area (Å²) >= 11 is 12.1. The van der Waals surface area contributed by atoms with E-state index in [2.05, 4.69) is 15.6 Å². The maximum Gasteiger partial charge on any atom is 0.315 e. The molecule has 2 aromatic heterocycles. The Bertz CT molecular complexity index is 861. The number of fused-ring (bicyclic) bond motifs is 1. The van der Waals surface area contributed by atoms with Gasteiger partial charge >= 0.3 is 6.03 Å². The molecule has 130 valence electrons. The highest BCUT2D eigenvalue weighted by atomic mass is 35.5. The van der Waals surface area contributed by atoms with Crippen LogP contribution in [0.15, 0.2) is 48.8 Å². The topological polar surface area (TPSA) is 58.4 Å². The standard InChI is InChI=1S/C18H18Cl2N4O/c1-12(15-6-5-13(19)10-16(15)20)22-18(25)21-8-7-14-11-24-9-3-2-4-17(24)23-14/h2-6,9-12H,7-8H2,1H3,(H2,21,22,25)/t12-/m0/s1. The van der Waals surface area contributed by atoms with Crippen molar-refractivity contribution in [2.45, 2.75) is 19.4 Å². The van der Waals surface area contributed by atoms with Crippen molar-refractivity contribution in [3.8, 4) is 0 Å². The Kier molecular flexibility index (Phi) is 5.46. The molecular formula is C18H18Cl2N4O. The van der Waals surface area contributed by atoms with Crippen molar-refractivity contribution in [3.05, 3.63) is 70.1 Å². The molecular weight excluding hydrogens is 359 g/mol. The number of aromatic nitrogens is 2. The largest absolute Gasteiger partial charge is 0.338 e. The van der Waals surface area contributed by atoms with Crippen LogP contribution in [0.5, 0.6) is 0 Å². The van der Waals surface area contributed by atoms with Gasteiger partial charge in [-0.05, 0) is 36.8 Å². The molecule has 2 heterocycles. The minimum atomic E-state index is -0.248. The predicted molar refractivity (Wildman–Crippen MR) is 100 cm³/mol. The summed E-state index contributed by atoms with van der Waals surface area (Å²) in [5.74, 6) is 0. The summed E-state index contributed by atoms with van der Waals surface area (Å²) in [7, 11) is 0. The highest BCUT2D eigenvalue weighted by Gasteiger charge is 2.12. The van der Waals surface area contributed by atoms with Crippen LogP contribution in [-0.4, -0.2) is 22.0 Å². The molecule has 7 heteroatoms. The first-order valence-electron chi connectivity index (χ1n) is 7.95. The molecule has 0 fully saturated rings. The van der Waals surface area contributed by atoms with Gasteiger partial charge in [0.25, 0.3) is 0 Å². The Morgan fingerprint density at radius 2 is 2.12 bits per heavy atom. The van der Waals surface area contributed by atoms with Crippen molar-refractivity contribution in [3.63, 3.8) is 0 Å². The highest BCUT2D eigenvalue weighted by molar-refractivity contribution is 6.35. The van der Waals surface area contributed by atoms with Gasteiger partial charge in [-0.1, -0.05) is 35.3 Å². The molecule has 0 saturated carbocycles. The molecule has 3 aromatic rings. The van der Waals surface area contributed by atoms with Crippen molar-refractivity contribution < 1.29 is 4.79 Å². The quantitative estimate of drug-likeness (QED) is 0.699. The number of rotatable bonds is 5. The summed E-state index contributed by atoms with van der Waals surface area (Å²) < 4.78 is 1.96. The van der Waals surface area contributed by atoms with E-state index in [0.29, 0.717) is 23.0 Å². The van der Waals surface area contributed by atoms with E-state index in [1.807, 2.05) is 48.0 Å². The van der Waals surface area contributed by atoms with E-state index < -0.39 is 0 Å². The van der Waals surface area contributed by atoms with Crippen LogP contribution in [0.25, 0.3) is 5.65 Å². The molecule has 2 amide bonds. The van der Waals surface area contributed by atoms with Gasteiger partial charge in [0.1, 0.15) is 5.65 Å². The highest BCUT2D eigenvalue weighted by Crippen LogP contribution is 2.25. The second kappa shape index (κ2) is 7.76. The smallest absolute Gasteiger partial charge is 0.315 e. The lowest BCUT2D eigenvalue weighted by Gasteiger charge is -2.16. The van der Waals surface area contributed by atoms with Crippen molar-refractivity contribution in [2.75, 3.05) is 6.54 Å². The SMILES string of the molecule is C[C@H](NC(=O)NCCc1cn2ccccc2n1)c1ccc(Cl)cc1Cl. The predicted octanol–water partition coefficient (Wildman–Crippen LogP) is 4.24. The van der Waals surface area contributed by atoms with Crippen LogP contribution in [0.4, 0.5) is 4.79 Å². The molecule has 1 atom stereocenters. The number of pyridine rings is 1. The maximum absolute atomic E-state index is 12.1. The first-order chi connectivity index (χ1) is 12.0. The van der Waals surface area contributed by atoms with E-state index in [-0.39, 0.29) is 12.1 Å². The zero-order valence-electron chi connectivity index (χ0n) is 13.7. The lowest BCUT2D eigenvalue weighted by molar-refractivity contribution is 0.238. The number of hydrogen-bond donors (Lipinski definition) is 2. The van der Waals surface area contributed by atoms with Gasteiger partial charge in [-0.25, -0.2) is 9.78 Å². The van der Waals surface area contributed by atoms with Gasteiger partial charge in [0.15, 0.2) is 0 Å². The number of carbonyl (C=O) groups is 1. The number of hydrogen-bond acceptors (Lipinski definition) is 2. The summed E-state index contributed by atoms with van der Waals surface area (Å²) in [4.78, 5) is 16.5. The van der Waals surface area contributed by atoms with Crippen LogP contribution in [0.3, 0.4) is 0 Å². The van der Waals surface area contributed by atoms with E-state index in [9.17, 15) is 4.79 Å². The van der Waals surface area contributed by atoms with Gasteiger partial charge in [-0.15, -0.1) is 0 Å². The number of imidazole rings is 1. The third-order valence-corrected chi connectivity index (χ3v) is 4.42. The molecule has 0 saturated heterocycles. The summed E-state index contributed by atoms with van der Waals surface area (Å²) in [5.41, 5.74) is 2.65. The molecule has 0 aliphatic carbocycles. The van der Waals surface area contributed by atoms with Crippen molar-refractivity contribution in [2.24, 2.45) is 0 Å². The molecule has 0 aliphatic heterocycles. The fraction of sp³-hybridized carbons (Fsp3) is 0.222. The van der Waals surface area contributed by atoms with Crippen LogP contribution in [0.1, 0.15) is 24.2 Å². The van der Waals surface area contributed by atoms with E-state index in [4.69, 9.17) is 23.2 Å². The molecule has 0 radical (unpaired) electrons. The first kappa shape index (κ1) is 17.6. The Hall–Kier alpha value is -2.24. The van der Waals surface area contributed by atoms with E-state index in [0.717, 1.165) is 16.9 Å². The van der Waals surface area contributed by atoms with Crippen LogP contribution in [0.2, 0.25) is 10.0 Å². The maximum atomic E-state index is 12.1. The van der Waals surface area contributed by atoms with Crippen LogP contribution in [0, 0.1) is 0 Å². The molecule has 25 heavy (non-hydrogen) atoms.